The number of nitrogens with zero attached hydrogens (tertiary/aromatic N) is 3. The van der Waals surface area contributed by atoms with Crippen molar-refractivity contribution in [3.8, 4) is 12.3 Å². The van der Waals surface area contributed by atoms with Crippen molar-refractivity contribution in [2.75, 3.05) is 5.73 Å². The Morgan fingerprint density at radius 2 is 2.26 bits per heavy atom. The topological polar surface area (TPSA) is 160 Å². The number of rotatable bonds is 1. The van der Waals surface area contributed by atoms with Crippen molar-refractivity contribution in [2.45, 2.75) is 29.4 Å². The van der Waals surface area contributed by atoms with Gasteiger partial charge in [0.25, 0.3) is 11.4 Å². The second-order valence-electron chi connectivity index (χ2n) is 5.47. The molecule has 0 bridgehead atoms. The summed E-state index contributed by atoms with van der Waals surface area (Å²) in [4.78, 5) is 21.6. The molecule has 1 unspecified atom stereocenters. The van der Waals surface area contributed by atoms with Crippen LogP contribution in [0.15, 0.2) is 11.1 Å². The van der Waals surface area contributed by atoms with Crippen LogP contribution in [0.5, 0.6) is 0 Å². The second kappa shape index (κ2) is 3.69. The van der Waals surface area contributed by atoms with Crippen LogP contribution in [0.4, 0.5) is 10.3 Å². The maximum absolute atomic E-state index is 14.4. The normalized spacial score (nSPS) is 41.7. The zero-order valence-corrected chi connectivity index (χ0v) is 11.3. The highest BCUT2D eigenvalue weighted by atomic mass is 19.2. The molecule has 4 rings (SSSR count). The molecule has 23 heavy (non-hydrogen) atoms. The van der Waals surface area contributed by atoms with Gasteiger partial charge in [-0.25, -0.2) is 9.37 Å². The Morgan fingerprint density at radius 1 is 1.57 bits per heavy atom. The van der Waals surface area contributed by atoms with E-state index in [1.807, 2.05) is 5.92 Å². The van der Waals surface area contributed by atoms with Gasteiger partial charge in [0.1, 0.15) is 0 Å². The first-order chi connectivity index (χ1) is 10.7. The molecule has 0 spiro atoms. The molecule has 10 nitrogen and oxygen atoms in total. The molecule has 2 fully saturated rings. The predicted molar refractivity (Wildman–Crippen MR) is 71.3 cm³/mol. The van der Waals surface area contributed by atoms with E-state index in [1.165, 1.54) is 0 Å². The van der Waals surface area contributed by atoms with Crippen LogP contribution in [-0.2, 0) is 4.74 Å². The number of alkyl halides is 1. The number of aliphatic hydroxyl groups excluding tert-OH is 1. The summed E-state index contributed by atoms with van der Waals surface area (Å²) in [6, 6.07) is 0. The maximum atomic E-state index is 14.4. The van der Waals surface area contributed by atoms with Gasteiger partial charge in [0.2, 0.25) is 17.2 Å². The largest absolute Gasteiger partial charge is 0.384 e. The SMILES string of the molecule is C#C[C@]1(O)[C@H](n2cnc3c(=O)[nH]c(N)nc32)O[C@]2(F)C(O)[C@@]21O. The van der Waals surface area contributed by atoms with Gasteiger partial charge in [-0.1, -0.05) is 5.92 Å². The number of H-pyrrole nitrogens is 1. The minimum Gasteiger partial charge on any atom is -0.384 e. The number of halogens is 1. The van der Waals surface area contributed by atoms with Crippen LogP contribution < -0.4 is 11.3 Å². The van der Waals surface area contributed by atoms with Crippen molar-refractivity contribution in [3.63, 3.8) is 0 Å². The number of anilines is 1. The summed E-state index contributed by atoms with van der Waals surface area (Å²) in [5, 5.41) is 30.2. The van der Waals surface area contributed by atoms with Crippen molar-refractivity contribution in [3.05, 3.63) is 16.7 Å². The summed E-state index contributed by atoms with van der Waals surface area (Å²) in [6.45, 7) is 0. The highest BCUT2D eigenvalue weighted by molar-refractivity contribution is 5.71. The number of aromatic amines is 1. The molecule has 0 aromatic carbocycles. The maximum Gasteiger partial charge on any atom is 0.280 e. The molecular weight excluding hydrogens is 313 g/mol. The highest BCUT2D eigenvalue weighted by Crippen LogP contribution is 2.67. The third-order valence-corrected chi connectivity index (χ3v) is 4.33. The Morgan fingerprint density at radius 3 is 2.91 bits per heavy atom. The Labute approximate surface area is 126 Å². The third kappa shape index (κ3) is 1.27. The van der Waals surface area contributed by atoms with E-state index >= 15 is 0 Å². The molecule has 120 valence electrons. The number of fused-ring (bicyclic) bond motifs is 2. The van der Waals surface area contributed by atoms with E-state index in [4.69, 9.17) is 16.9 Å². The van der Waals surface area contributed by atoms with Crippen LogP contribution in [0.25, 0.3) is 11.2 Å². The number of imidazole rings is 1. The molecule has 6 N–H and O–H groups in total. The Kier molecular flexibility index (Phi) is 2.26. The van der Waals surface area contributed by atoms with Crippen LogP contribution in [0.2, 0.25) is 0 Å². The number of nitrogen functional groups attached to an aromatic ring is 1. The fraction of sp³-hybridized carbons (Fsp3) is 0.417. The zero-order chi connectivity index (χ0) is 16.8. The summed E-state index contributed by atoms with van der Waals surface area (Å²) < 4.78 is 20.3. The summed E-state index contributed by atoms with van der Waals surface area (Å²) in [5.74, 6) is -1.34. The summed E-state index contributed by atoms with van der Waals surface area (Å²) in [5.41, 5.74) is -0.817. The molecule has 1 aliphatic heterocycles. The second-order valence-corrected chi connectivity index (χ2v) is 5.47. The van der Waals surface area contributed by atoms with Gasteiger partial charge < -0.3 is 25.8 Å². The molecule has 2 aromatic heterocycles. The molecule has 5 atom stereocenters. The molecule has 1 aliphatic carbocycles. The van der Waals surface area contributed by atoms with Gasteiger partial charge in [0, 0.05) is 0 Å². The fourth-order valence-corrected chi connectivity index (χ4v) is 2.99. The van der Waals surface area contributed by atoms with Crippen LogP contribution >= 0.6 is 0 Å². The van der Waals surface area contributed by atoms with Gasteiger partial charge in [-0.3, -0.25) is 14.3 Å². The van der Waals surface area contributed by atoms with Gasteiger partial charge in [0.05, 0.1) is 6.33 Å². The lowest BCUT2D eigenvalue weighted by atomic mass is 9.93. The molecule has 1 saturated heterocycles. The number of aromatic nitrogens is 4. The molecule has 3 heterocycles. The van der Waals surface area contributed by atoms with E-state index < -0.39 is 34.9 Å². The van der Waals surface area contributed by atoms with Gasteiger partial charge in [-0.15, -0.1) is 6.42 Å². The third-order valence-electron chi connectivity index (χ3n) is 4.33. The lowest BCUT2D eigenvalue weighted by molar-refractivity contribution is -0.167. The summed E-state index contributed by atoms with van der Waals surface area (Å²) in [7, 11) is 0. The van der Waals surface area contributed by atoms with Crippen molar-refractivity contribution in [1.29, 1.82) is 0 Å². The van der Waals surface area contributed by atoms with Crippen LogP contribution in [-0.4, -0.2) is 58.0 Å². The van der Waals surface area contributed by atoms with Crippen molar-refractivity contribution < 1.29 is 24.4 Å². The first-order valence-corrected chi connectivity index (χ1v) is 6.40. The number of hydrogen-bond donors (Lipinski definition) is 5. The Bertz CT molecular complexity index is 951. The Hall–Kier alpha value is -2.52. The average molecular weight is 323 g/mol. The van der Waals surface area contributed by atoms with Gasteiger partial charge >= 0.3 is 0 Å². The standard InChI is InChI=1S/C12H10FN5O5/c1-2-10(21)8(23-12(13)7(20)11(10,12)22)18-3-15-4-5(18)16-9(14)17-6(4)19/h1,3,7-8,20-22H,(H3,14,16,17,19)/t7?,8-,10+,11+,12-/m1/s1. The summed E-state index contributed by atoms with van der Waals surface area (Å²) in [6.07, 6.45) is 2.57. The molecule has 1 saturated carbocycles. The molecule has 0 amide bonds. The van der Waals surface area contributed by atoms with Crippen molar-refractivity contribution in [2.24, 2.45) is 0 Å². The van der Waals surface area contributed by atoms with Crippen LogP contribution in [0, 0.1) is 12.3 Å². The number of terminal acetylenes is 1. The Balaban J connectivity index is 1.94. The van der Waals surface area contributed by atoms with Gasteiger partial charge in [-0.2, -0.15) is 4.98 Å². The number of nitrogens with one attached hydrogen (secondary N) is 1. The molecule has 11 heteroatoms. The smallest absolute Gasteiger partial charge is 0.280 e. The molecule has 0 radical (unpaired) electrons. The van der Waals surface area contributed by atoms with Crippen LogP contribution in [0.1, 0.15) is 6.23 Å². The van der Waals surface area contributed by atoms with E-state index in [9.17, 15) is 24.5 Å². The van der Waals surface area contributed by atoms with E-state index in [0.29, 0.717) is 0 Å². The monoisotopic (exact) mass is 323 g/mol. The number of ether oxygens (including phenoxy) is 1. The first-order valence-electron chi connectivity index (χ1n) is 6.40. The number of hydrogen-bond acceptors (Lipinski definition) is 8. The predicted octanol–water partition coefficient (Wildman–Crippen LogP) is -2.63. The van der Waals surface area contributed by atoms with Crippen molar-refractivity contribution >= 4 is 17.1 Å². The fourth-order valence-electron chi connectivity index (χ4n) is 2.99. The van der Waals surface area contributed by atoms with E-state index in [-0.39, 0.29) is 17.1 Å². The molecular formula is C12H10FN5O5. The van der Waals surface area contributed by atoms with E-state index in [1.54, 1.807) is 0 Å². The quantitative estimate of drug-likeness (QED) is 0.356. The van der Waals surface area contributed by atoms with Crippen molar-refractivity contribution in [1.82, 2.24) is 19.5 Å². The summed E-state index contributed by atoms with van der Waals surface area (Å²) >= 11 is 0. The van der Waals surface area contributed by atoms with E-state index in [0.717, 1.165) is 10.9 Å². The molecule has 2 aromatic rings. The zero-order valence-electron chi connectivity index (χ0n) is 11.3. The average Bonchev–Trinajstić information content (AvgIpc) is 2.84. The minimum absolute atomic E-state index is 0.132. The minimum atomic E-state index is -2.94. The van der Waals surface area contributed by atoms with Gasteiger partial charge in [-0.05, 0) is 0 Å². The van der Waals surface area contributed by atoms with Crippen LogP contribution in [0.3, 0.4) is 0 Å². The van der Waals surface area contributed by atoms with Gasteiger partial charge in [0.15, 0.2) is 23.5 Å². The van der Waals surface area contributed by atoms with E-state index in [2.05, 4.69) is 15.0 Å². The lowest BCUT2D eigenvalue weighted by Crippen LogP contribution is -2.50. The highest BCUT2D eigenvalue weighted by Gasteiger charge is 2.95. The molecule has 2 aliphatic rings. The lowest BCUT2D eigenvalue weighted by Gasteiger charge is -2.30. The first kappa shape index (κ1) is 14.1. The number of nitrogens with two attached hydrogens (primary N) is 1. The number of aliphatic hydroxyl groups is 3.